The van der Waals surface area contributed by atoms with Crippen LogP contribution in [0.3, 0.4) is 0 Å². The third kappa shape index (κ3) is 3.16. The Morgan fingerprint density at radius 2 is 1.14 bits per heavy atom. The molecule has 0 aromatic heterocycles. The molecule has 0 heterocycles. The second kappa shape index (κ2) is 6.51. The number of Topliss-reactive ketones (excluding diaryl/α,β-unsaturated/α-hetero) is 1. The lowest BCUT2D eigenvalue weighted by Crippen LogP contribution is -1.95. The van der Waals surface area contributed by atoms with Crippen molar-refractivity contribution < 1.29 is 4.79 Å². The van der Waals surface area contributed by atoms with Gasteiger partial charge in [-0.05, 0) is 48.3 Å². The molecule has 0 radical (unpaired) electrons. The van der Waals surface area contributed by atoms with Crippen LogP contribution in [0.1, 0.15) is 24.0 Å². The fraction of sp³-hybridized carbons (Fsp3) is 0.105. The van der Waals surface area contributed by atoms with Crippen molar-refractivity contribution in [1.82, 2.24) is 0 Å². The largest absolute Gasteiger partial charge is 0.289 e. The number of hydrogen-bond donors (Lipinski definition) is 0. The van der Waals surface area contributed by atoms with Gasteiger partial charge in [-0.25, -0.2) is 0 Å². The van der Waals surface area contributed by atoms with Crippen LogP contribution in [-0.4, -0.2) is 5.78 Å². The van der Waals surface area contributed by atoms with Gasteiger partial charge in [0.25, 0.3) is 0 Å². The molecule has 1 fully saturated rings. The molecule has 1 saturated carbocycles. The van der Waals surface area contributed by atoms with Crippen LogP contribution in [0.5, 0.6) is 0 Å². The molecule has 0 atom stereocenters. The van der Waals surface area contributed by atoms with Gasteiger partial charge in [0.05, 0.1) is 0 Å². The first kappa shape index (κ1) is 15.1. The molecule has 2 aromatic rings. The summed E-state index contributed by atoms with van der Waals surface area (Å²) in [4.78, 5) is 12.5. The number of hydrogen-bond acceptors (Lipinski definition) is 1. The van der Waals surface area contributed by atoms with Crippen LogP contribution in [0.2, 0.25) is 10.0 Å². The molecule has 3 heteroatoms. The van der Waals surface area contributed by atoms with Gasteiger partial charge in [-0.2, -0.15) is 0 Å². The number of allylic oxidation sites excluding steroid dienone is 2. The van der Waals surface area contributed by atoms with Gasteiger partial charge < -0.3 is 0 Å². The summed E-state index contributed by atoms with van der Waals surface area (Å²) < 4.78 is 0. The van der Waals surface area contributed by atoms with E-state index in [2.05, 4.69) is 0 Å². The Hall–Kier alpha value is -1.83. The highest BCUT2D eigenvalue weighted by molar-refractivity contribution is 6.33. The van der Waals surface area contributed by atoms with Crippen molar-refractivity contribution in [1.29, 1.82) is 0 Å². The van der Waals surface area contributed by atoms with Crippen molar-refractivity contribution in [2.24, 2.45) is 0 Å². The Morgan fingerprint density at radius 3 is 1.55 bits per heavy atom. The molecular weight excluding hydrogens is 315 g/mol. The number of benzene rings is 2. The molecule has 0 amide bonds. The van der Waals surface area contributed by atoms with Crippen LogP contribution < -0.4 is 0 Å². The normalized spacial score (nSPS) is 18.4. The van der Waals surface area contributed by atoms with Gasteiger partial charge >= 0.3 is 0 Å². The summed E-state index contributed by atoms with van der Waals surface area (Å²) in [6.45, 7) is 0. The third-order valence-electron chi connectivity index (χ3n) is 3.72. The zero-order chi connectivity index (χ0) is 15.5. The maximum atomic E-state index is 12.5. The van der Waals surface area contributed by atoms with E-state index in [9.17, 15) is 4.79 Å². The average Bonchev–Trinajstić information content (AvgIpc) is 2.85. The Bertz CT molecular complexity index is 722. The minimum Gasteiger partial charge on any atom is -0.289 e. The first-order chi connectivity index (χ1) is 10.6. The molecule has 3 rings (SSSR count). The number of rotatable bonds is 2. The first-order valence-electron chi connectivity index (χ1n) is 7.10. The Morgan fingerprint density at radius 1 is 0.727 bits per heavy atom. The summed E-state index contributed by atoms with van der Waals surface area (Å²) >= 11 is 12.3. The lowest BCUT2D eigenvalue weighted by Gasteiger charge is -2.00. The van der Waals surface area contributed by atoms with E-state index in [0.29, 0.717) is 10.0 Å². The van der Waals surface area contributed by atoms with E-state index in [1.165, 1.54) is 0 Å². The van der Waals surface area contributed by atoms with Gasteiger partial charge in [0.15, 0.2) is 5.78 Å². The molecule has 22 heavy (non-hydrogen) atoms. The Balaban J connectivity index is 1.90. The Labute approximate surface area is 139 Å². The van der Waals surface area contributed by atoms with Crippen LogP contribution in [0.15, 0.2) is 59.7 Å². The number of ketones is 1. The van der Waals surface area contributed by atoms with E-state index in [1.807, 2.05) is 60.7 Å². The fourth-order valence-corrected chi connectivity index (χ4v) is 2.92. The van der Waals surface area contributed by atoms with Crippen molar-refractivity contribution in [3.63, 3.8) is 0 Å². The maximum Gasteiger partial charge on any atom is 0.185 e. The molecule has 110 valence electrons. The number of carbonyl (C=O) groups excluding carboxylic acids is 1. The van der Waals surface area contributed by atoms with E-state index in [0.717, 1.165) is 35.1 Å². The minimum absolute atomic E-state index is 0.0832. The molecule has 0 spiro atoms. The molecule has 0 N–H and O–H groups in total. The highest BCUT2D eigenvalue weighted by Gasteiger charge is 2.23. The van der Waals surface area contributed by atoms with Crippen LogP contribution in [-0.2, 0) is 4.79 Å². The Kier molecular flexibility index (Phi) is 4.47. The fourth-order valence-electron chi connectivity index (χ4n) is 2.54. The topological polar surface area (TPSA) is 17.1 Å². The minimum atomic E-state index is 0.0832. The quantitative estimate of drug-likeness (QED) is 0.634. The van der Waals surface area contributed by atoms with Gasteiger partial charge in [-0.15, -0.1) is 0 Å². The van der Waals surface area contributed by atoms with E-state index in [-0.39, 0.29) is 5.78 Å². The molecule has 1 aliphatic carbocycles. The van der Waals surface area contributed by atoms with Gasteiger partial charge in [0.1, 0.15) is 0 Å². The first-order valence-corrected chi connectivity index (χ1v) is 7.85. The van der Waals surface area contributed by atoms with Crippen molar-refractivity contribution in [3.05, 3.63) is 80.8 Å². The molecule has 1 nitrogen and oxygen atoms in total. The van der Waals surface area contributed by atoms with Crippen LogP contribution >= 0.6 is 23.2 Å². The van der Waals surface area contributed by atoms with Crippen LogP contribution in [0.25, 0.3) is 12.2 Å². The highest BCUT2D eigenvalue weighted by atomic mass is 35.5. The average molecular weight is 329 g/mol. The summed E-state index contributed by atoms with van der Waals surface area (Å²) in [5, 5.41) is 1.32. The van der Waals surface area contributed by atoms with Crippen LogP contribution in [0, 0.1) is 0 Å². The van der Waals surface area contributed by atoms with E-state index in [1.54, 1.807) is 0 Å². The summed E-state index contributed by atoms with van der Waals surface area (Å²) in [6, 6.07) is 15.1. The van der Waals surface area contributed by atoms with Crippen molar-refractivity contribution in [2.45, 2.75) is 12.8 Å². The highest BCUT2D eigenvalue weighted by Crippen LogP contribution is 2.31. The monoisotopic (exact) mass is 328 g/mol. The van der Waals surface area contributed by atoms with Crippen LogP contribution in [0.4, 0.5) is 0 Å². The van der Waals surface area contributed by atoms with Gasteiger partial charge in [0, 0.05) is 21.2 Å². The van der Waals surface area contributed by atoms with Gasteiger partial charge in [-0.3, -0.25) is 4.79 Å². The zero-order valence-corrected chi connectivity index (χ0v) is 13.4. The smallest absolute Gasteiger partial charge is 0.185 e. The van der Waals surface area contributed by atoms with E-state index >= 15 is 0 Å². The predicted octanol–water partition coefficient (Wildman–Crippen LogP) is 5.82. The standard InChI is InChI=1S/C19H14Cl2O/c20-17-7-3-1-5-13(17)11-15-9-10-16(19(15)22)12-14-6-2-4-8-18(14)21/h1-8,11-12H,9-10H2/b15-11+,16-12?. The second-order valence-corrected chi connectivity index (χ2v) is 6.03. The molecular formula is C19H14Cl2O. The summed E-state index contributed by atoms with van der Waals surface area (Å²) in [6.07, 6.45) is 5.25. The molecule has 0 saturated heterocycles. The van der Waals surface area contributed by atoms with Gasteiger partial charge in [0.2, 0.25) is 0 Å². The predicted molar refractivity (Wildman–Crippen MR) is 93.1 cm³/mol. The summed E-state index contributed by atoms with van der Waals surface area (Å²) in [5.74, 6) is 0.0832. The lowest BCUT2D eigenvalue weighted by molar-refractivity contribution is -0.111. The summed E-state index contributed by atoms with van der Waals surface area (Å²) in [7, 11) is 0. The number of carbonyl (C=O) groups is 1. The SMILES string of the molecule is O=C1C(=Cc2ccccc2Cl)CC/C1=C\c1ccccc1Cl. The van der Waals surface area contributed by atoms with E-state index < -0.39 is 0 Å². The van der Waals surface area contributed by atoms with Gasteiger partial charge in [-0.1, -0.05) is 59.6 Å². The third-order valence-corrected chi connectivity index (χ3v) is 4.41. The van der Waals surface area contributed by atoms with Crippen molar-refractivity contribution in [2.75, 3.05) is 0 Å². The lowest BCUT2D eigenvalue weighted by atomic mass is 10.1. The van der Waals surface area contributed by atoms with E-state index in [4.69, 9.17) is 23.2 Å². The second-order valence-electron chi connectivity index (χ2n) is 5.21. The molecule has 0 unspecified atom stereocenters. The number of halogens is 2. The molecule has 0 bridgehead atoms. The zero-order valence-electron chi connectivity index (χ0n) is 11.9. The molecule has 0 aliphatic heterocycles. The maximum absolute atomic E-state index is 12.5. The molecule has 1 aliphatic rings. The van der Waals surface area contributed by atoms with Crippen molar-refractivity contribution >= 4 is 41.1 Å². The molecule has 2 aromatic carbocycles. The summed E-state index contributed by atoms with van der Waals surface area (Å²) in [5.41, 5.74) is 3.36. The van der Waals surface area contributed by atoms with Crippen molar-refractivity contribution in [3.8, 4) is 0 Å².